The Morgan fingerprint density at radius 1 is 1.05 bits per heavy atom. The van der Waals surface area contributed by atoms with Crippen LogP contribution in [-0.4, -0.2) is 52.2 Å². The Bertz CT molecular complexity index is 1320. The van der Waals surface area contributed by atoms with Crippen molar-refractivity contribution >= 4 is 34.7 Å². The van der Waals surface area contributed by atoms with Gasteiger partial charge in [0, 0.05) is 30.5 Å². The van der Waals surface area contributed by atoms with Crippen molar-refractivity contribution in [2.75, 3.05) is 22.9 Å². The number of rotatable bonds is 7. The minimum absolute atomic E-state index is 0.0218. The van der Waals surface area contributed by atoms with Gasteiger partial charge in [-0.2, -0.15) is 4.98 Å². The molecule has 1 amide bonds. The highest BCUT2D eigenvalue weighted by molar-refractivity contribution is 7.15. The Balaban J connectivity index is 1.36. The van der Waals surface area contributed by atoms with Gasteiger partial charge < -0.3 is 19.6 Å². The molecule has 42 heavy (non-hydrogen) atoms. The average Bonchev–Trinajstić information content (AvgIpc) is 3.64. The highest BCUT2D eigenvalue weighted by Gasteiger charge is 2.38. The summed E-state index contributed by atoms with van der Waals surface area (Å²) in [6.07, 6.45) is 12.5. The Morgan fingerprint density at radius 3 is 2.38 bits per heavy atom. The van der Waals surface area contributed by atoms with Crippen molar-refractivity contribution in [3.8, 4) is 17.7 Å². The molecule has 0 radical (unpaired) electrons. The van der Waals surface area contributed by atoms with Crippen LogP contribution >= 0.6 is 11.3 Å². The number of thiophene rings is 1. The molecule has 1 N–H and O–H groups in total. The fourth-order valence-corrected chi connectivity index (χ4v) is 7.15. The number of nitrogens with zero attached hydrogens (tertiary/aromatic N) is 4. The summed E-state index contributed by atoms with van der Waals surface area (Å²) >= 11 is 1.17. The van der Waals surface area contributed by atoms with Crippen LogP contribution in [0.25, 0.3) is 0 Å². The van der Waals surface area contributed by atoms with Gasteiger partial charge in [0.1, 0.15) is 11.0 Å². The Morgan fingerprint density at radius 2 is 1.74 bits per heavy atom. The molecule has 5 rings (SSSR count). The lowest BCUT2D eigenvalue weighted by Gasteiger charge is -2.39. The molecule has 0 unspecified atom stereocenters. The second-order valence-electron chi connectivity index (χ2n) is 13.3. The first-order chi connectivity index (χ1) is 20.1. The molecule has 8 nitrogen and oxygen atoms in total. The third-order valence-corrected chi connectivity index (χ3v) is 9.68. The lowest BCUT2D eigenvalue weighted by atomic mass is 9.81. The summed E-state index contributed by atoms with van der Waals surface area (Å²) in [5.74, 6) is 7.39. The predicted octanol–water partition coefficient (Wildman–Crippen LogP) is 6.78. The normalized spacial score (nSPS) is 24.5. The number of carboxylic acids is 1. The number of hydrogen-bond acceptors (Lipinski definition) is 7. The number of carbonyl (C=O) groups excluding carboxylic acids is 1. The average molecular weight is 593 g/mol. The standard InChI is InChI=1S/C33H44N4O4S/c1-22-7-9-23(10-8-22)31(38)37(27-19-26(15-16-33(2,3)4)42-30(27)32(39)40)24-11-13-25(14-12-24)41-29-21-34-20-28(35-29)36-17-5-6-18-36/h19-25H,5-14,17-18H2,1-4H3,(H,39,40)/t22-,23-,24-,25-. The van der Waals surface area contributed by atoms with Gasteiger partial charge in [0.25, 0.3) is 0 Å². The molecule has 3 fully saturated rings. The molecule has 3 aliphatic rings. The van der Waals surface area contributed by atoms with Crippen molar-refractivity contribution in [3.05, 3.63) is 28.2 Å². The molecule has 0 aromatic carbocycles. The Labute approximate surface area is 253 Å². The predicted molar refractivity (Wildman–Crippen MR) is 166 cm³/mol. The van der Waals surface area contributed by atoms with E-state index in [0.29, 0.717) is 22.4 Å². The first kappa shape index (κ1) is 30.3. The number of hydrogen-bond donors (Lipinski definition) is 1. The number of carbonyl (C=O) groups is 2. The molecule has 1 aliphatic heterocycles. The minimum atomic E-state index is -1.01. The minimum Gasteiger partial charge on any atom is -0.477 e. The number of amides is 1. The van der Waals surface area contributed by atoms with E-state index >= 15 is 0 Å². The highest BCUT2D eigenvalue weighted by atomic mass is 32.1. The molecular formula is C33H44N4O4S. The van der Waals surface area contributed by atoms with E-state index in [4.69, 9.17) is 9.72 Å². The summed E-state index contributed by atoms with van der Waals surface area (Å²) in [5, 5.41) is 10.2. The molecule has 226 valence electrons. The van der Waals surface area contributed by atoms with Crippen molar-refractivity contribution in [1.29, 1.82) is 0 Å². The first-order valence-electron chi connectivity index (χ1n) is 15.5. The van der Waals surface area contributed by atoms with Gasteiger partial charge in [0.2, 0.25) is 11.8 Å². The summed E-state index contributed by atoms with van der Waals surface area (Å²) in [5.41, 5.74) is 0.293. The van der Waals surface area contributed by atoms with Crippen LogP contribution < -0.4 is 14.5 Å². The molecule has 3 heterocycles. The van der Waals surface area contributed by atoms with E-state index in [1.54, 1.807) is 12.4 Å². The van der Waals surface area contributed by atoms with E-state index in [9.17, 15) is 14.7 Å². The van der Waals surface area contributed by atoms with Crippen LogP contribution in [0.15, 0.2) is 18.5 Å². The zero-order valence-corrected chi connectivity index (χ0v) is 26.2. The van der Waals surface area contributed by atoms with Gasteiger partial charge in [-0.1, -0.05) is 18.8 Å². The lowest BCUT2D eigenvalue weighted by molar-refractivity contribution is -0.124. The number of anilines is 2. The van der Waals surface area contributed by atoms with E-state index in [2.05, 4.69) is 28.6 Å². The maximum absolute atomic E-state index is 14.2. The van der Waals surface area contributed by atoms with Crippen LogP contribution in [0.2, 0.25) is 0 Å². The summed E-state index contributed by atoms with van der Waals surface area (Å²) in [6.45, 7) is 10.3. The van der Waals surface area contributed by atoms with Gasteiger partial charge in [-0.05, 0) is 97.0 Å². The zero-order valence-electron chi connectivity index (χ0n) is 25.4. The Hall–Kier alpha value is -3.12. The number of aromatic nitrogens is 2. The molecule has 1 saturated heterocycles. The van der Waals surface area contributed by atoms with Crippen molar-refractivity contribution in [2.45, 2.75) is 104 Å². The maximum Gasteiger partial charge on any atom is 0.348 e. The summed E-state index contributed by atoms with van der Waals surface area (Å²) in [4.78, 5) is 40.7. The highest BCUT2D eigenvalue weighted by Crippen LogP contribution is 2.39. The van der Waals surface area contributed by atoms with Crippen LogP contribution in [0.3, 0.4) is 0 Å². The van der Waals surface area contributed by atoms with Crippen LogP contribution in [0.1, 0.15) is 106 Å². The van der Waals surface area contributed by atoms with Gasteiger partial charge in [0.05, 0.1) is 23.0 Å². The van der Waals surface area contributed by atoms with E-state index in [1.165, 1.54) is 24.2 Å². The van der Waals surface area contributed by atoms with Crippen molar-refractivity contribution < 1.29 is 19.4 Å². The number of carboxylic acid groups (broad SMARTS) is 1. The fourth-order valence-electron chi connectivity index (χ4n) is 6.31. The van der Waals surface area contributed by atoms with E-state index < -0.39 is 5.97 Å². The van der Waals surface area contributed by atoms with Crippen LogP contribution in [0, 0.1) is 29.1 Å². The second kappa shape index (κ2) is 13.0. The third-order valence-electron chi connectivity index (χ3n) is 8.66. The van der Waals surface area contributed by atoms with Crippen molar-refractivity contribution in [2.24, 2.45) is 17.3 Å². The lowest BCUT2D eigenvalue weighted by Crippen LogP contribution is -2.47. The van der Waals surface area contributed by atoms with Crippen LogP contribution in [0.4, 0.5) is 11.5 Å². The summed E-state index contributed by atoms with van der Waals surface area (Å²) < 4.78 is 6.29. The maximum atomic E-state index is 14.2. The van der Waals surface area contributed by atoms with Gasteiger partial charge in [-0.3, -0.25) is 9.78 Å². The smallest absolute Gasteiger partial charge is 0.348 e. The Kier molecular flexibility index (Phi) is 9.41. The van der Waals surface area contributed by atoms with Gasteiger partial charge in [0.15, 0.2) is 5.82 Å². The molecule has 9 heteroatoms. The van der Waals surface area contributed by atoms with E-state index in [1.807, 2.05) is 31.7 Å². The molecule has 0 spiro atoms. The molecule has 0 atom stereocenters. The fraction of sp³-hybridized carbons (Fsp3) is 0.636. The molecule has 0 bridgehead atoms. The van der Waals surface area contributed by atoms with Gasteiger partial charge >= 0.3 is 5.97 Å². The quantitative estimate of drug-likeness (QED) is 0.354. The molecule has 2 aromatic rings. The molecule has 2 aromatic heterocycles. The molecular weight excluding hydrogens is 548 g/mol. The molecule has 2 aliphatic carbocycles. The third kappa shape index (κ3) is 7.44. The zero-order chi connectivity index (χ0) is 29.9. The number of ether oxygens (including phenoxy) is 1. The van der Waals surface area contributed by atoms with Crippen LogP contribution in [0.5, 0.6) is 5.88 Å². The van der Waals surface area contributed by atoms with E-state index in [-0.39, 0.29) is 34.3 Å². The van der Waals surface area contributed by atoms with Crippen molar-refractivity contribution in [1.82, 2.24) is 9.97 Å². The van der Waals surface area contributed by atoms with Gasteiger partial charge in [-0.15, -0.1) is 11.3 Å². The molecule has 2 saturated carbocycles. The van der Waals surface area contributed by atoms with Gasteiger partial charge in [-0.25, -0.2) is 4.79 Å². The van der Waals surface area contributed by atoms with E-state index in [0.717, 1.165) is 70.3 Å². The van der Waals surface area contributed by atoms with Crippen molar-refractivity contribution in [3.63, 3.8) is 0 Å². The number of aromatic carboxylic acids is 1. The summed E-state index contributed by atoms with van der Waals surface area (Å²) in [7, 11) is 0. The first-order valence-corrected chi connectivity index (χ1v) is 16.4. The largest absolute Gasteiger partial charge is 0.477 e. The summed E-state index contributed by atoms with van der Waals surface area (Å²) in [6, 6.07) is 1.74. The van der Waals surface area contributed by atoms with Crippen LogP contribution in [-0.2, 0) is 4.79 Å². The SMILES string of the molecule is CC(C)(C)C#Cc1cc(N(C(=O)[C@H]2CC[C@H](C)CC2)[C@H]2CC[C@H](Oc3cncc(N4CCCC4)n3)CC2)c(C(=O)O)s1. The second-order valence-corrected chi connectivity index (χ2v) is 14.3. The monoisotopic (exact) mass is 592 g/mol. The topological polar surface area (TPSA) is 95.9 Å².